The number of carbonyl (C=O) groups excluding carboxylic acids is 1. The number of rotatable bonds is 5. The zero-order valence-electron chi connectivity index (χ0n) is 11.6. The third-order valence-corrected chi connectivity index (χ3v) is 3.52. The molecule has 2 nitrogen and oxygen atoms in total. The fourth-order valence-corrected chi connectivity index (χ4v) is 2.17. The summed E-state index contributed by atoms with van der Waals surface area (Å²) >= 11 is 1.52. The van der Waals surface area contributed by atoms with Crippen molar-refractivity contribution < 1.29 is 4.79 Å². The monoisotopic (exact) mass is 283 g/mol. The lowest BCUT2D eigenvalue weighted by Crippen LogP contribution is -2.01. The third kappa shape index (κ3) is 4.00. The highest BCUT2D eigenvalue weighted by Gasteiger charge is 2.04. The molecule has 0 spiro atoms. The van der Waals surface area contributed by atoms with Gasteiger partial charge in [0.1, 0.15) is 0 Å². The second-order valence-electron chi connectivity index (χ2n) is 4.43. The Hall–Kier alpha value is -2.00. The van der Waals surface area contributed by atoms with Crippen molar-refractivity contribution in [3.05, 3.63) is 76.8 Å². The van der Waals surface area contributed by atoms with Crippen LogP contribution in [0.5, 0.6) is 0 Å². The lowest BCUT2D eigenvalue weighted by Gasteiger charge is -2.08. The van der Waals surface area contributed by atoms with Crippen LogP contribution in [0.25, 0.3) is 0 Å². The summed E-state index contributed by atoms with van der Waals surface area (Å²) in [6, 6.07) is 17.4. The predicted molar refractivity (Wildman–Crippen MR) is 87.2 cm³/mol. The molecular weight excluding hydrogens is 266 g/mol. The minimum atomic E-state index is 0.00885. The topological polar surface area (TPSA) is 29.1 Å². The van der Waals surface area contributed by atoms with Gasteiger partial charge in [0.15, 0.2) is 5.78 Å². The van der Waals surface area contributed by atoms with Crippen LogP contribution in [0.3, 0.4) is 0 Å². The number of hydrogen-bond donors (Lipinski definition) is 1. The molecule has 20 heavy (non-hydrogen) atoms. The molecule has 0 atom stereocenters. The molecule has 0 aliphatic rings. The Morgan fingerprint density at radius 3 is 2.30 bits per heavy atom. The number of benzene rings is 2. The van der Waals surface area contributed by atoms with E-state index < -0.39 is 0 Å². The minimum absolute atomic E-state index is 0.00885. The number of carbonyl (C=O) groups is 1. The van der Waals surface area contributed by atoms with Crippen molar-refractivity contribution in [2.75, 3.05) is 11.6 Å². The Morgan fingerprint density at radius 2 is 1.70 bits per heavy atom. The summed E-state index contributed by atoms with van der Waals surface area (Å²) in [4.78, 5) is 12.1. The molecule has 0 amide bonds. The van der Waals surface area contributed by atoms with E-state index in [9.17, 15) is 4.79 Å². The van der Waals surface area contributed by atoms with Crippen molar-refractivity contribution in [1.29, 1.82) is 0 Å². The van der Waals surface area contributed by atoms with E-state index in [2.05, 4.69) is 5.32 Å². The molecule has 0 aliphatic heterocycles. The Labute approximate surface area is 123 Å². The van der Waals surface area contributed by atoms with Crippen LogP contribution >= 0.6 is 11.8 Å². The van der Waals surface area contributed by atoms with E-state index >= 15 is 0 Å². The van der Waals surface area contributed by atoms with Gasteiger partial charge < -0.3 is 5.32 Å². The molecule has 1 N–H and O–H groups in total. The molecule has 0 saturated carbocycles. The second-order valence-corrected chi connectivity index (χ2v) is 5.28. The van der Waals surface area contributed by atoms with E-state index in [0.717, 1.165) is 10.7 Å². The van der Waals surface area contributed by atoms with E-state index in [4.69, 9.17) is 0 Å². The maximum Gasteiger partial charge on any atom is 0.188 e. The molecule has 0 aliphatic carbocycles. The van der Waals surface area contributed by atoms with Gasteiger partial charge in [0.05, 0.1) is 5.03 Å². The van der Waals surface area contributed by atoms with Crippen molar-refractivity contribution in [3.8, 4) is 0 Å². The summed E-state index contributed by atoms with van der Waals surface area (Å²) in [6.45, 7) is 2.05. The molecular formula is C17H17NOS. The van der Waals surface area contributed by atoms with Crippen molar-refractivity contribution in [2.45, 2.75) is 6.92 Å². The lowest BCUT2D eigenvalue weighted by molar-refractivity contribution is 0.104. The highest BCUT2D eigenvalue weighted by molar-refractivity contribution is 8.02. The highest BCUT2D eigenvalue weighted by Crippen LogP contribution is 2.18. The van der Waals surface area contributed by atoms with Crippen LogP contribution in [0.4, 0.5) is 5.69 Å². The summed E-state index contributed by atoms with van der Waals surface area (Å²) in [5.74, 6) is 0.00885. The van der Waals surface area contributed by atoms with Crippen LogP contribution in [0.2, 0.25) is 0 Å². The number of thioether (sulfide) groups is 1. The first-order valence-corrected chi connectivity index (χ1v) is 7.60. The summed E-state index contributed by atoms with van der Waals surface area (Å²) in [5.41, 5.74) is 2.90. The molecule has 0 heterocycles. The van der Waals surface area contributed by atoms with Gasteiger partial charge in [0.2, 0.25) is 0 Å². The van der Waals surface area contributed by atoms with Gasteiger partial charge in [-0.25, -0.2) is 0 Å². The van der Waals surface area contributed by atoms with Crippen LogP contribution in [0.1, 0.15) is 15.9 Å². The Morgan fingerprint density at radius 1 is 1.05 bits per heavy atom. The number of aryl methyl sites for hydroxylation is 1. The van der Waals surface area contributed by atoms with Gasteiger partial charge in [0.25, 0.3) is 0 Å². The molecule has 3 heteroatoms. The molecule has 2 aromatic rings. The Balaban J connectivity index is 2.13. The van der Waals surface area contributed by atoms with Gasteiger partial charge in [-0.1, -0.05) is 48.0 Å². The quantitative estimate of drug-likeness (QED) is 0.647. The zero-order chi connectivity index (χ0) is 14.4. The van der Waals surface area contributed by atoms with Crippen molar-refractivity contribution in [2.24, 2.45) is 0 Å². The van der Waals surface area contributed by atoms with E-state index in [-0.39, 0.29) is 5.78 Å². The van der Waals surface area contributed by atoms with E-state index in [1.165, 1.54) is 17.3 Å². The predicted octanol–water partition coefficient (Wildman–Crippen LogP) is 4.49. The largest absolute Gasteiger partial charge is 0.350 e. The summed E-state index contributed by atoms with van der Waals surface area (Å²) in [5, 5.41) is 4.10. The smallest absolute Gasteiger partial charge is 0.188 e. The summed E-state index contributed by atoms with van der Waals surface area (Å²) in [6.07, 6.45) is 3.59. The molecule has 0 bridgehead atoms. The average Bonchev–Trinajstić information content (AvgIpc) is 2.49. The maximum absolute atomic E-state index is 12.1. The van der Waals surface area contributed by atoms with Gasteiger partial charge in [-0.3, -0.25) is 4.79 Å². The standard InChI is InChI=1S/C17H17NOS/c1-13-8-10-15(11-9-13)18-17(20-2)12-16(19)14-6-4-3-5-7-14/h3-12,18H,1-2H3. The number of hydrogen-bond acceptors (Lipinski definition) is 3. The zero-order valence-corrected chi connectivity index (χ0v) is 12.4. The highest BCUT2D eigenvalue weighted by atomic mass is 32.2. The normalized spacial score (nSPS) is 11.2. The summed E-state index contributed by atoms with van der Waals surface area (Å²) < 4.78 is 0. The Bertz CT molecular complexity index is 603. The lowest BCUT2D eigenvalue weighted by atomic mass is 10.1. The fraction of sp³-hybridized carbons (Fsp3) is 0.118. The molecule has 102 valence electrons. The number of ketones is 1. The second kappa shape index (κ2) is 6.96. The number of allylic oxidation sites excluding steroid dienone is 1. The SMILES string of the molecule is CSC(=CC(=O)c1ccccc1)Nc1ccc(C)cc1. The van der Waals surface area contributed by atoms with Crippen LogP contribution in [-0.2, 0) is 0 Å². The van der Waals surface area contributed by atoms with E-state index in [0.29, 0.717) is 5.56 Å². The minimum Gasteiger partial charge on any atom is -0.350 e. The number of anilines is 1. The molecule has 0 radical (unpaired) electrons. The Kier molecular flexibility index (Phi) is 5.02. The van der Waals surface area contributed by atoms with Crippen molar-refractivity contribution in [1.82, 2.24) is 0 Å². The first kappa shape index (κ1) is 14.4. The van der Waals surface area contributed by atoms with Crippen LogP contribution in [-0.4, -0.2) is 12.0 Å². The first-order valence-electron chi connectivity index (χ1n) is 6.38. The van der Waals surface area contributed by atoms with Gasteiger partial charge in [-0.2, -0.15) is 0 Å². The van der Waals surface area contributed by atoms with Gasteiger partial charge in [0, 0.05) is 17.3 Å². The molecule has 0 aromatic heterocycles. The molecule has 2 rings (SSSR count). The third-order valence-electron chi connectivity index (χ3n) is 2.86. The molecule has 0 unspecified atom stereocenters. The van der Waals surface area contributed by atoms with Gasteiger partial charge in [-0.05, 0) is 25.3 Å². The molecule has 2 aromatic carbocycles. The number of nitrogens with one attached hydrogen (secondary N) is 1. The van der Waals surface area contributed by atoms with Crippen LogP contribution in [0.15, 0.2) is 65.7 Å². The fourth-order valence-electron chi connectivity index (χ4n) is 1.73. The van der Waals surface area contributed by atoms with Gasteiger partial charge >= 0.3 is 0 Å². The molecule has 0 saturated heterocycles. The van der Waals surface area contributed by atoms with Crippen molar-refractivity contribution >= 4 is 23.2 Å². The van der Waals surface area contributed by atoms with Gasteiger partial charge in [-0.15, -0.1) is 11.8 Å². The first-order chi connectivity index (χ1) is 9.69. The van der Waals surface area contributed by atoms with Crippen LogP contribution in [0, 0.1) is 6.92 Å². The van der Waals surface area contributed by atoms with Crippen molar-refractivity contribution in [3.63, 3.8) is 0 Å². The summed E-state index contributed by atoms with van der Waals surface area (Å²) in [7, 11) is 0. The van der Waals surface area contributed by atoms with E-state index in [1.807, 2.05) is 67.8 Å². The van der Waals surface area contributed by atoms with Crippen LogP contribution < -0.4 is 5.32 Å². The molecule has 0 fully saturated rings. The van der Waals surface area contributed by atoms with E-state index in [1.54, 1.807) is 6.08 Å². The maximum atomic E-state index is 12.1. The average molecular weight is 283 g/mol.